The Morgan fingerprint density at radius 1 is 1.36 bits per heavy atom. The molecule has 1 amide bonds. The standard InChI is InChI=1S/C21H16N4O2S/c1-2-27-15-7-8-18-19(10-15)28-21(24-18)25-20(26)13(11-22)9-14-12-23-17-6-4-3-5-16(14)17/h3-10,12,23H,2H2,1H3,(H,24,25,26)/b13-9+. The van der Waals surface area contributed by atoms with Crippen molar-refractivity contribution in [3.05, 3.63) is 59.8 Å². The largest absolute Gasteiger partial charge is 0.494 e. The number of rotatable bonds is 5. The Morgan fingerprint density at radius 3 is 3.04 bits per heavy atom. The maximum Gasteiger partial charge on any atom is 0.268 e. The molecule has 0 aliphatic heterocycles. The molecule has 2 heterocycles. The molecule has 0 unspecified atom stereocenters. The van der Waals surface area contributed by atoms with Crippen LogP contribution in [0.3, 0.4) is 0 Å². The van der Waals surface area contributed by atoms with E-state index in [1.54, 1.807) is 12.3 Å². The van der Waals surface area contributed by atoms with E-state index in [-0.39, 0.29) is 5.57 Å². The highest BCUT2D eigenvalue weighted by Crippen LogP contribution is 2.29. The smallest absolute Gasteiger partial charge is 0.268 e. The number of aromatic nitrogens is 2. The number of aromatic amines is 1. The van der Waals surface area contributed by atoms with Crippen LogP contribution in [0.25, 0.3) is 27.2 Å². The number of hydrogen-bond acceptors (Lipinski definition) is 5. The second-order valence-electron chi connectivity index (χ2n) is 6.00. The van der Waals surface area contributed by atoms with Crippen LogP contribution < -0.4 is 10.1 Å². The fraction of sp³-hybridized carbons (Fsp3) is 0.0952. The Bertz CT molecular complexity index is 1250. The van der Waals surface area contributed by atoms with Crippen molar-refractivity contribution in [2.24, 2.45) is 0 Å². The fourth-order valence-corrected chi connectivity index (χ4v) is 3.79. The summed E-state index contributed by atoms with van der Waals surface area (Å²) in [5, 5.41) is 13.6. The molecule has 28 heavy (non-hydrogen) atoms. The number of para-hydroxylation sites is 1. The Kier molecular flexibility index (Phi) is 4.79. The third-order valence-electron chi connectivity index (χ3n) is 4.18. The molecular weight excluding hydrogens is 372 g/mol. The van der Waals surface area contributed by atoms with Crippen LogP contribution in [0.5, 0.6) is 5.75 Å². The molecule has 4 rings (SSSR count). The van der Waals surface area contributed by atoms with E-state index in [9.17, 15) is 10.1 Å². The SMILES string of the molecule is CCOc1ccc2nc(NC(=O)/C(C#N)=C/c3c[nH]c4ccccc34)sc2c1. The number of ether oxygens (including phenoxy) is 1. The third kappa shape index (κ3) is 3.46. The molecule has 0 saturated heterocycles. The van der Waals surface area contributed by atoms with Gasteiger partial charge in [0.05, 0.1) is 16.8 Å². The molecule has 0 radical (unpaired) electrons. The minimum absolute atomic E-state index is 0.0130. The molecule has 2 N–H and O–H groups in total. The van der Waals surface area contributed by atoms with Gasteiger partial charge in [0, 0.05) is 22.7 Å². The van der Waals surface area contributed by atoms with Gasteiger partial charge in [-0.25, -0.2) is 4.98 Å². The van der Waals surface area contributed by atoms with E-state index in [1.165, 1.54) is 11.3 Å². The average Bonchev–Trinajstić information content (AvgIpc) is 3.29. The molecule has 2 aromatic heterocycles. The van der Waals surface area contributed by atoms with Gasteiger partial charge in [0.25, 0.3) is 5.91 Å². The minimum atomic E-state index is -0.489. The quantitative estimate of drug-likeness (QED) is 0.382. The lowest BCUT2D eigenvalue weighted by Gasteiger charge is -2.00. The van der Waals surface area contributed by atoms with Gasteiger partial charge in [0.2, 0.25) is 0 Å². The second-order valence-corrected chi connectivity index (χ2v) is 7.03. The number of nitrogens with zero attached hydrogens (tertiary/aromatic N) is 2. The van der Waals surface area contributed by atoms with Gasteiger partial charge < -0.3 is 9.72 Å². The summed E-state index contributed by atoms with van der Waals surface area (Å²) in [4.78, 5) is 20.1. The highest BCUT2D eigenvalue weighted by Gasteiger charge is 2.14. The number of amides is 1. The van der Waals surface area contributed by atoms with Crippen molar-refractivity contribution >= 4 is 49.6 Å². The minimum Gasteiger partial charge on any atom is -0.494 e. The normalized spacial score (nSPS) is 11.5. The zero-order valence-electron chi connectivity index (χ0n) is 15.0. The monoisotopic (exact) mass is 388 g/mol. The van der Waals surface area contributed by atoms with Crippen LogP contribution in [-0.4, -0.2) is 22.5 Å². The first-order chi connectivity index (χ1) is 13.7. The summed E-state index contributed by atoms with van der Waals surface area (Å²) in [6, 6.07) is 15.3. The Morgan fingerprint density at radius 2 is 2.21 bits per heavy atom. The molecule has 0 saturated carbocycles. The maximum atomic E-state index is 12.6. The van der Waals surface area contributed by atoms with Crippen molar-refractivity contribution in [1.29, 1.82) is 5.26 Å². The van der Waals surface area contributed by atoms with Crippen molar-refractivity contribution < 1.29 is 9.53 Å². The first-order valence-corrected chi connectivity index (χ1v) is 9.52. The number of nitriles is 1. The average molecular weight is 388 g/mol. The summed E-state index contributed by atoms with van der Waals surface area (Å²) in [6.45, 7) is 2.50. The lowest BCUT2D eigenvalue weighted by molar-refractivity contribution is -0.112. The number of carbonyl (C=O) groups excluding carboxylic acids is 1. The number of hydrogen-bond donors (Lipinski definition) is 2. The highest BCUT2D eigenvalue weighted by atomic mass is 32.1. The summed E-state index contributed by atoms with van der Waals surface area (Å²) in [6.07, 6.45) is 3.36. The molecule has 4 aromatic rings. The zero-order chi connectivity index (χ0) is 19.5. The predicted molar refractivity (Wildman–Crippen MR) is 111 cm³/mol. The number of nitrogens with one attached hydrogen (secondary N) is 2. The van der Waals surface area contributed by atoms with Gasteiger partial charge in [0.1, 0.15) is 17.4 Å². The van der Waals surface area contributed by atoms with Crippen LogP contribution in [-0.2, 0) is 4.79 Å². The molecule has 0 bridgehead atoms. The molecule has 6 nitrogen and oxygen atoms in total. The zero-order valence-corrected chi connectivity index (χ0v) is 15.8. The van der Waals surface area contributed by atoms with Gasteiger partial charge in [-0.15, -0.1) is 0 Å². The van der Waals surface area contributed by atoms with Crippen LogP contribution in [0.2, 0.25) is 0 Å². The molecule has 2 aromatic carbocycles. The molecule has 0 spiro atoms. The summed E-state index contributed by atoms with van der Waals surface area (Å²) in [5.41, 5.74) is 2.51. The van der Waals surface area contributed by atoms with Crippen molar-refractivity contribution in [1.82, 2.24) is 9.97 Å². The van der Waals surface area contributed by atoms with Gasteiger partial charge in [-0.2, -0.15) is 5.26 Å². The summed E-state index contributed by atoms with van der Waals surface area (Å²) in [7, 11) is 0. The third-order valence-corrected chi connectivity index (χ3v) is 5.11. The van der Waals surface area contributed by atoms with E-state index in [4.69, 9.17) is 4.74 Å². The number of benzene rings is 2. The number of anilines is 1. The first kappa shape index (κ1) is 17.8. The predicted octanol–water partition coefficient (Wildman–Crippen LogP) is 4.72. The maximum absolute atomic E-state index is 12.6. The van der Waals surface area contributed by atoms with Crippen LogP contribution in [0.15, 0.2) is 54.2 Å². The molecule has 7 heteroatoms. The topological polar surface area (TPSA) is 90.8 Å². The van der Waals surface area contributed by atoms with E-state index >= 15 is 0 Å². The van der Waals surface area contributed by atoms with Gasteiger partial charge in [-0.05, 0) is 37.3 Å². The van der Waals surface area contributed by atoms with Gasteiger partial charge in [-0.1, -0.05) is 29.5 Å². The van der Waals surface area contributed by atoms with Gasteiger partial charge in [0.15, 0.2) is 5.13 Å². The van der Waals surface area contributed by atoms with E-state index in [1.807, 2.05) is 55.5 Å². The van der Waals surface area contributed by atoms with Crippen molar-refractivity contribution in [3.8, 4) is 11.8 Å². The first-order valence-electron chi connectivity index (χ1n) is 8.70. The van der Waals surface area contributed by atoms with Crippen molar-refractivity contribution in [3.63, 3.8) is 0 Å². The van der Waals surface area contributed by atoms with Crippen LogP contribution in [0, 0.1) is 11.3 Å². The van der Waals surface area contributed by atoms with E-state index in [2.05, 4.69) is 15.3 Å². The van der Waals surface area contributed by atoms with Gasteiger partial charge in [-0.3, -0.25) is 10.1 Å². The van der Waals surface area contributed by atoms with E-state index in [0.29, 0.717) is 11.7 Å². The summed E-state index contributed by atoms with van der Waals surface area (Å²) in [5.74, 6) is 0.269. The van der Waals surface area contributed by atoms with Crippen LogP contribution >= 0.6 is 11.3 Å². The lowest BCUT2D eigenvalue weighted by atomic mass is 10.1. The summed E-state index contributed by atoms with van der Waals surface area (Å²) < 4.78 is 6.39. The van der Waals surface area contributed by atoms with E-state index in [0.717, 1.165) is 32.4 Å². The highest BCUT2D eigenvalue weighted by molar-refractivity contribution is 7.22. The summed E-state index contributed by atoms with van der Waals surface area (Å²) >= 11 is 1.34. The number of thiazole rings is 1. The van der Waals surface area contributed by atoms with Crippen LogP contribution in [0.1, 0.15) is 12.5 Å². The van der Waals surface area contributed by atoms with Crippen molar-refractivity contribution in [2.75, 3.05) is 11.9 Å². The number of carbonyl (C=O) groups is 1. The fourth-order valence-electron chi connectivity index (χ4n) is 2.90. The Balaban J connectivity index is 1.59. The molecular formula is C21H16N4O2S. The molecule has 0 atom stereocenters. The molecule has 138 valence electrons. The number of fused-ring (bicyclic) bond motifs is 2. The second kappa shape index (κ2) is 7.55. The Hall–Kier alpha value is -3.63. The molecule has 0 aliphatic carbocycles. The number of H-pyrrole nitrogens is 1. The molecule has 0 fully saturated rings. The van der Waals surface area contributed by atoms with Crippen molar-refractivity contribution in [2.45, 2.75) is 6.92 Å². The van der Waals surface area contributed by atoms with E-state index < -0.39 is 5.91 Å². The lowest BCUT2D eigenvalue weighted by Crippen LogP contribution is -2.13. The van der Waals surface area contributed by atoms with Crippen LogP contribution in [0.4, 0.5) is 5.13 Å². The molecule has 0 aliphatic rings. The Labute approximate surface area is 165 Å². The van der Waals surface area contributed by atoms with Gasteiger partial charge >= 0.3 is 0 Å².